The Balaban J connectivity index is 3.30. The van der Waals surface area contributed by atoms with E-state index < -0.39 is 0 Å². The minimum atomic E-state index is 0.222. The largest absolute Gasteiger partial charge is 0.826 e. The Morgan fingerprint density at radius 1 is 0.568 bits per heavy atom. The van der Waals surface area contributed by atoms with Crippen molar-refractivity contribution in [3.8, 4) is 0 Å². The van der Waals surface area contributed by atoms with Gasteiger partial charge in [0.05, 0.1) is 21.1 Å². The molecule has 0 radical (unpaired) electrons. The van der Waals surface area contributed by atoms with E-state index in [1.54, 1.807) is 0 Å². The third-order valence-electron chi connectivity index (χ3n) is 8.58. The molecule has 0 aromatic carbocycles. The quantitative estimate of drug-likeness (QED) is 0.0301. The molecule has 0 spiro atoms. The number of nitrogens with zero attached hydrogens (tertiary/aromatic N) is 1. The molecule has 0 saturated heterocycles. The zero-order valence-corrected chi connectivity index (χ0v) is 31.1. The number of allylic oxidation sites excluding steroid dienone is 2. The maximum absolute atomic E-state index is 12.2. The van der Waals surface area contributed by atoms with Crippen LogP contribution in [0.15, 0.2) is 12.2 Å². The van der Waals surface area contributed by atoms with Gasteiger partial charge in [0.1, 0.15) is 18.9 Å². The second-order valence-electron chi connectivity index (χ2n) is 14.3. The molecule has 0 rings (SSSR count). The van der Waals surface area contributed by atoms with E-state index >= 15 is 0 Å². The zero-order valence-electron chi connectivity index (χ0n) is 30.2. The van der Waals surface area contributed by atoms with Gasteiger partial charge in [0.2, 0.25) is 0 Å². The summed E-state index contributed by atoms with van der Waals surface area (Å²) in [7, 11) is 6.94. The van der Waals surface area contributed by atoms with Gasteiger partial charge in [-0.25, -0.2) is 0 Å². The van der Waals surface area contributed by atoms with Crippen molar-refractivity contribution in [3.05, 3.63) is 12.2 Å². The van der Waals surface area contributed by atoms with Crippen molar-refractivity contribution >= 4 is 19.7 Å². The first-order chi connectivity index (χ1) is 21.3. The summed E-state index contributed by atoms with van der Waals surface area (Å²) in [5, 5.41) is 11.9. The Kier molecular flexibility index (Phi) is 33.4. The Hall–Kier alpha value is -0.540. The molecule has 0 unspecified atom stereocenters. The van der Waals surface area contributed by atoms with Crippen LogP contribution in [-0.4, -0.2) is 50.0 Å². The van der Waals surface area contributed by atoms with Crippen molar-refractivity contribution in [2.45, 2.75) is 193 Å². The Labute approximate surface area is 277 Å². The second kappa shape index (κ2) is 33.8. The number of hydrogen-bond acceptors (Lipinski definition) is 3. The summed E-state index contributed by atoms with van der Waals surface area (Å²) in [6.07, 6.45) is 40.5. The summed E-state index contributed by atoms with van der Waals surface area (Å²) in [6, 6.07) is 0. The molecule has 5 heteroatoms. The Bertz CT molecular complexity index is 671. The van der Waals surface area contributed by atoms with Crippen LogP contribution in [0.4, 0.5) is 0 Å². The molecular weight excluding hydrogens is 561 g/mol. The molecule has 0 aliphatic carbocycles. The monoisotopic (exact) mass is 638 g/mol. The van der Waals surface area contributed by atoms with E-state index in [0.29, 0.717) is 27.2 Å². The molecule has 0 atom stereocenters. The number of Topliss-reactive ketones (excluding diaryl/α,β-unsaturated/α-hetero) is 1. The lowest BCUT2D eigenvalue weighted by atomic mass is 10.0. The third kappa shape index (κ3) is 37.6. The fourth-order valence-corrected chi connectivity index (χ4v) is 6.11. The van der Waals surface area contributed by atoms with E-state index in [-0.39, 0.29) is 5.48 Å². The maximum atomic E-state index is 12.2. The average Bonchev–Trinajstić information content (AvgIpc) is 2.98. The lowest BCUT2D eigenvalue weighted by Gasteiger charge is -2.23. The molecule has 260 valence electrons. The first-order valence-electron chi connectivity index (χ1n) is 19.2. The first kappa shape index (κ1) is 43.5. The summed E-state index contributed by atoms with van der Waals surface area (Å²) in [4.78, 5) is 12.2. The van der Waals surface area contributed by atoms with Gasteiger partial charge in [-0.2, -0.15) is 0 Å². The molecule has 0 bridgehead atoms. The van der Waals surface area contributed by atoms with Crippen molar-refractivity contribution in [1.29, 1.82) is 0 Å². The van der Waals surface area contributed by atoms with Gasteiger partial charge in [-0.1, -0.05) is 147 Å². The van der Waals surface area contributed by atoms with Crippen LogP contribution in [0.1, 0.15) is 193 Å². The number of carbonyl (C=O) groups excluding carboxylic acids is 1. The molecule has 0 aliphatic rings. The Morgan fingerprint density at radius 2 is 0.932 bits per heavy atom. The van der Waals surface area contributed by atoms with Gasteiger partial charge in [-0.3, -0.25) is 4.79 Å². The van der Waals surface area contributed by atoms with Crippen molar-refractivity contribution in [3.63, 3.8) is 0 Å². The fraction of sp³-hybridized carbons (Fsp3) is 0.897. The number of rotatable bonds is 35. The molecule has 0 amide bonds. The third-order valence-corrected chi connectivity index (χ3v) is 9.32. The van der Waals surface area contributed by atoms with Crippen LogP contribution in [0.25, 0.3) is 0 Å². The first-order valence-corrected chi connectivity index (χ1v) is 20.0. The maximum Gasteiger partial charge on any atom is 0.132 e. The van der Waals surface area contributed by atoms with Crippen LogP contribution in [0, 0.1) is 0 Å². The molecule has 0 N–H and O–H groups in total. The minimum absolute atomic E-state index is 0.222. The minimum Gasteiger partial charge on any atom is -0.826 e. The van der Waals surface area contributed by atoms with Gasteiger partial charge in [0, 0.05) is 21.3 Å². The SMILES string of the molecule is CCCCCCCCCCCCCCCC(=O)CCCCCCCCC=CCCCCCCCC([O-])=POCC[N+](C)(C)C. The molecule has 0 aliphatic heterocycles. The Morgan fingerprint density at radius 3 is 1.34 bits per heavy atom. The van der Waals surface area contributed by atoms with Crippen molar-refractivity contribution < 1.29 is 18.9 Å². The van der Waals surface area contributed by atoms with E-state index in [2.05, 4.69) is 40.2 Å². The number of likely N-dealkylation sites (N-methyl/N-ethyl adjacent to an activating group) is 1. The van der Waals surface area contributed by atoms with Gasteiger partial charge in [0.15, 0.2) is 0 Å². The number of unbranched alkanes of at least 4 members (excludes halogenated alkanes) is 23. The lowest BCUT2D eigenvalue weighted by Crippen LogP contribution is -2.37. The van der Waals surface area contributed by atoms with E-state index in [1.807, 2.05) is 0 Å². The summed E-state index contributed by atoms with van der Waals surface area (Å²) in [5.74, 6) is 0.500. The van der Waals surface area contributed by atoms with Gasteiger partial charge >= 0.3 is 0 Å². The highest BCUT2D eigenvalue weighted by atomic mass is 31.1. The van der Waals surface area contributed by atoms with Gasteiger partial charge in [0.25, 0.3) is 0 Å². The van der Waals surface area contributed by atoms with E-state index in [1.165, 1.54) is 141 Å². The molecule has 4 nitrogen and oxygen atoms in total. The van der Waals surface area contributed by atoms with Gasteiger partial charge < -0.3 is 14.1 Å². The van der Waals surface area contributed by atoms with Crippen LogP contribution < -0.4 is 5.11 Å². The topological polar surface area (TPSA) is 49.4 Å². The molecule has 0 aromatic rings. The van der Waals surface area contributed by atoms with E-state index in [0.717, 1.165) is 49.6 Å². The summed E-state index contributed by atoms with van der Waals surface area (Å²) >= 11 is 0. The van der Waals surface area contributed by atoms with Crippen molar-refractivity contribution in [2.75, 3.05) is 34.3 Å². The zero-order chi connectivity index (χ0) is 32.4. The highest BCUT2D eigenvalue weighted by Gasteiger charge is 2.05. The smallest absolute Gasteiger partial charge is 0.132 e. The highest BCUT2D eigenvalue weighted by molar-refractivity contribution is 7.34. The van der Waals surface area contributed by atoms with E-state index in [9.17, 15) is 9.90 Å². The summed E-state index contributed by atoms with van der Waals surface area (Å²) < 4.78 is 6.35. The van der Waals surface area contributed by atoms with Crippen molar-refractivity contribution in [1.82, 2.24) is 0 Å². The predicted octanol–water partition coefficient (Wildman–Crippen LogP) is 11.5. The number of hydrogen-bond donors (Lipinski definition) is 0. The molecule has 0 saturated carbocycles. The van der Waals surface area contributed by atoms with Crippen LogP contribution in [-0.2, 0) is 9.32 Å². The van der Waals surface area contributed by atoms with Crippen LogP contribution >= 0.6 is 8.43 Å². The second-order valence-corrected chi connectivity index (χ2v) is 15.2. The van der Waals surface area contributed by atoms with Crippen molar-refractivity contribution in [2.24, 2.45) is 0 Å². The fourth-order valence-electron chi connectivity index (χ4n) is 5.54. The molecule has 44 heavy (non-hydrogen) atoms. The normalized spacial score (nSPS) is 12.5. The molecular formula is C39H76NO3P. The molecule has 0 fully saturated rings. The number of ketones is 1. The summed E-state index contributed by atoms with van der Waals surface area (Å²) in [6.45, 7) is 3.86. The van der Waals surface area contributed by atoms with Gasteiger partial charge in [-0.15, -0.1) is 5.48 Å². The number of quaternary nitrogens is 1. The van der Waals surface area contributed by atoms with Crippen LogP contribution in [0.5, 0.6) is 0 Å². The average molecular weight is 638 g/mol. The van der Waals surface area contributed by atoms with E-state index in [4.69, 9.17) is 4.52 Å². The number of carbonyl (C=O) groups is 1. The van der Waals surface area contributed by atoms with Gasteiger partial charge in [-0.05, 0) is 44.9 Å². The predicted molar refractivity (Wildman–Crippen MR) is 194 cm³/mol. The molecule has 0 aromatic heterocycles. The highest BCUT2D eigenvalue weighted by Crippen LogP contribution is 2.15. The summed E-state index contributed by atoms with van der Waals surface area (Å²) in [5.41, 5.74) is 0.222. The standard InChI is InChI=1S/C39H76NO3P/c1-5-6-7-8-9-10-11-15-18-21-24-27-30-33-38(41)34-31-28-25-22-19-16-13-12-14-17-20-23-26-29-32-35-39(42)44-43-37-36-40(2,3)4/h12,14H,5-11,13,15-37H2,1-4H3. The molecule has 0 heterocycles. The lowest BCUT2D eigenvalue weighted by molar-refractivity contribution is -0.870. The van der Waals surface area contributed by atoms with Crippen LogP contribution in [0.2, 0.25) is 0 Å². The van der Waals surface area contributed by atoms with Crippen LogP contribution in [0.3, 0.4) is 0 Å².